The van der Waals surface area contributed by atoms with Crippen LogP contribution < -0.4 is 5.32 Å². The number of rotatable bonds is 15. The second-order valence-electron chi connectivity index (χ2n) is 7.93. The molecule has 1 aliphatic rings. The maximum Gasteiger partial charge on any atom is 0.303 e. The molecule has 0 aliphatic carbocycles. The first-order chi connectivity index (χ1) is 13.0. The van der Waals surface area contributed by atoms with E-state index >= 15 is 0 Å². The molecule has 5 heteroatoms. The van der Waals surface area contributed by atoms with Crippen molar-refractivity contribution in [1.82, 2.24) is 5.32 Å². The number of hydrogen-bond donors (Lipinski definition) is 1. The van der Waals surface area contributed by atoms with E-state index in [2.05, 4.69) is 12.2 Å². The molecule has 0 radical (unpaired) electrons. The summed E-state index contributed by atoms with van der Waals surface area (Å²) in [6, 6.07) is -0.228. The van der Waals surface area contributed by atoms with E-state index in [-0.39, 0.29) is 30.1 Å². The van der Waals surface area contributed by atoms with Crippen LogP contribution in [0.5, 0.6) is 0 Å². The molecule has 5 nitrogen and oxygen atoms in total. The maximum atomic E-state index is 11.4. The van der Waals surface area contributed by atoms with Gasteiger partial charge in [0.1, 0.15) is 0 Å². The number of unbranched alkanes of at least 4 members (excludes halogenated alkanes) is 11. The van der Waals surface area contributed by atoms with E-state index in [9.17, 15) is 9.59 Å². The third-order valence-electron chi connectivity index (χ3n) is 5.29. The molecule has 0 bridgehead atoms. The summed E-state index contributed by atoms with van der Waals surface area (Å²) in [5.41, 5.74) is 0. The fourth-order valence-corrected chi connectivity index (χ4v) is 3.84. The Morgan fingerprint density at radius 2 is 1.41 bits per heavy atom. The molecule has 0 aromatic heterocycles. The van der Waals surface area contributed by atoms with Crippen LogP contribution in [-0.4, -0.2) is 36.7 Å². The highest BCUT2D eigenvalue weighted by Gasteiger charge is 2.39. The van der Waals surface area contributed by atoms with Crippen molar-refractivity contribution in [3.8, 4) is 0 Å². The molecular weight excluding hydrogens is 342 g/mol. The van der Waals surface area contributed by atoms with Crippen LogP contribution in [0.2, 0.25) is 0 Å². The van der Waals surface area contributed by atoms with Crippen LogP contribution in [0.1, 0.15) is 104 Å². The maximum absolute atomic E-state index is 11.4. The van der Waals surface area contributed by atoms with Crippen LogP contribution in [0.3, 0.4) is 0 Å². The molecule has 1 rings (SSSR count). The van der Waals surface area contributed by atoms with E-state index in [1.54, 1.807) is 0 Å². The van der Waals surface area contributed by atoms with Gasteiger partial charge in [0.15, 0.2) is 6.10 Å². The minimum atomic E-state index is -0.362. The molecule has 27 heavy (non-hydrogen) atoms. The van der Waals surface area contributed by atoms with Crippen LogP contribution >= 0.6 is 0 Å². The lowest BCUT2D eigenvalue weighted by Crippen LogP contribution is -2.45. The van der Waals surface area contributed by atoms with Gasteiger partial charge in [-0.25, -0.2) is 0 Å². The van der Waals surface area contributed by atoms with Crippen molar-refractivity contribution in [2.24, 2.45) is 0 Å². The van der Waals surface area contributed by atoms with Gasteiger partial charge in [0.05, 0.1) is 18.8 Å². The van der Waals surface area contributed by atoms with Crippen molar-refractivity contribution in [2.75, 3.05) is 6.61 Å². The largest absolute Gasteiger partial charge is 0.457 e. The molecule has 1 amide bonds. The highest BCUT2D eigenvalue weighted by atomic mass is 16.6. The van der Waals surface area contributed by atoms with Gasteiger partial charge in [-0.15, -0.1) is 0 Å². The van der Waals surface area contributed by atoms with E-state index in [0.717, 1.165) is 12.8 Å². The Balaban J connectivity index is 2.07. The Morgan fingerprint density at radius 3 is 1.89 bits per heavy atom. The summed E-state index contributed by atoms with van der Waals surface area (Å²) < 4.78 is 11.2. The van der Waals surface area contributed by atoms with Crippen molar-refractivity contribution >= 4 is 11.9 Å². The van der Waals surface area contributed by atoms with Crippen molar-refractivity contribution < 1.29 is 19.1 Å². The molecule has 3 atom stereocenters. The Hall–Kier alpha value is -1.10. The first-order valence-electron chi connectivity index (χ1n) is 11.1. The van der Waals surface area contributed by atoms with E-state index in [1.165, 1.54) is 84.5 Å². The predicted molar refractivity (Wildman–Crippen MR) is 109 cm³/mol. The monoisotopic (exact) mass is 383 g/mol. The Bertz CT molecular complexity index is 413. The third kappa shape index (κ3) is 11.4. The molecule has 158 valence electrons. The summed E-state index contributed by atoms with van der Waals surface area (Å²) in [4.78, 5) is 22.7. The molecule has 0 unspecified atom stereocenters. The summed E-state index contributed by atoms with van der Waals surface area (Å²) in [5, 5.41) is 2.83. The summed E-state index contributed by atoms with van der Waals surface area (Å²) in [7, 11) is 0. The fourth-order valence-electron chi connectivity index (χ4n) is 3.84. The average molecular weight is 384 g/mol. The quantitative estimate of drug-likeness (QED) is 0.322. The lowest BCUT2D eigenvalue weighted by Gasteiger charge is -2.23. The van der Waals surface area contributed by atoms with Gasteiger partial charge in [-0.3, -0.25) is 9.59 Å². The fraction of sp³-hybridized carbons (Fsp3) is 0.909. The zero-order chi connectivity index (χ0) is 19.9. The Labute approximate surface area is 165 Å². The van der Waals surface area contributed by atoms with Gasteiger partial charge < -0.3 is 14.8 Å². The van der Waals surface area contributed by atoms with Gasteiger partial charge in [-0.2, -0.15) is 0 Å². The number of ether oxygens (including phenoxy) is 2. The van der Waals surface area contributed by atoms with Crippen molar-refractivity contribution in [3.05, 3.63) is 0 Å². The SMILES string of the molecule is CCCCCCCCCCCCCC[C@@H]1OC[C@@H](NC(C)=O)[C@@H]1OC(C)=O. The van der Waals surface area contributed by atoms with Crippen LogP contribution in [0, 0.1) is 0 Å². The number of carbonyl (C=O) groups excluding carboxylic acids is 2. The molecule has 1 saturated heterocycles. The summed E-state index contributed by atoms with van der Waals surface area (Å²) in [6.45, 7) is 5.56. The zero-order valence-corrected chi connectivity index (χ0v) is 17.8. The summed E-state index contributed by atoms with van der Waals surface area (Å²) >= 11 is 0. The lowest BCUT2D eigenvalue weighted by molar-refractivity contribution is -0.150. The summed E-state index contributed by atoms with van der Waals surface area (Å²) in [6.07, 6.45) is 16.2. The van der Waals surface area contributed by atoms with Gasteiger partial charge in [-0.05, 0) is 6.42 Å². The number of esters is 1. The normalized spacial score (nSPS) is 22.0. The van der Waals surface area contributed by atoms with E-state index in [4.69, 9.17) is 9.47 Å². The second kappa shape index (κ2) is 14.9. The van der Waals surface area contributed by atoms with E-state index < -0.39 is 0 Å². The minimum Gasteiger partial charge on any atom is -0.457 e. The van der Waals surface area contributed by atoms with Crippen molar-refractivity contribution in [2.45, 2.75) is 122 Å². The number of amides is 1. The van der Waals surface area contributed by atoms with Crippen molar-refractivity contribution in [3.63, 3.8) is 0 Å². The van der Waals surface area contributed by atoms with Gasteiger partial charge in [0.25, 0.3) is 0 Å². The van der Waals surface area contributed by atoms with Crippen LogP contribution in [0.4, 0.5) is 0 Å². The minimum absolute atomic E-state index is 0.103. The van der Waals surface area contributed by atoms with E-state index in [1.807, 2.05) is 0 Å². The third-order valence-corrected chi connectivity index (χ3v) is 5.29. The van der Waals surface area contributed by atoms with Crippen LogP contribution in [-0.2, 0) is 19.1 Å². The Morgan fingerprint density at radius 1 is 0.889 bits per heavy atom. The topological polar surface area (TPSA) is 64.6 Å². The molecule has 0 spiro atoms. The van der Waals surface area contributed by atoms with Crippen LogP contribution in [0.15, 0.2) is 0 Å². The van der Waals surface area contributed by atoms with E-state index in [0.29, 0.717) is 6.61 Å². The standard InChI is InChI=1S/C22H41NO4/c1-4-5-6-7-8-9-10-11-12-13-14-15-16-21-22(27-19(3)25)20(17-26-21)23-18(2)24/h20-22H,4-17H2,1-3H3,(H,23,24)/t20-,21+,22+/m1/s1. The highest BCUT2D eigenvalue weighted by molar-refractivity contribution is 5.73. The van der Waals surface area contributed by atoms with Crippen LogP contribution in [0.25, 0.3) is 0 Å². The van der Waals surface area contributed by atoms with Crippen molar-refractivity contribution in [1.29, 1.82) is 0 Å². The predicted octanol–water partition coefficient (Wildman–Crippen LogP) is 4.91. The molecular formula is C22H41NO4. The number of hydrogen-bond acceptors (Lipinski definition) is 4. The average Bonchev–Trinajstić information content (AvgIpc) is 2.96. The van der Waals surface area contributed by atoms with Gasteiger partial charge in [-0.1, -0.05) is 84.0 Å². The molecule has 1 aliphatic heterocycles. The number of carbonyl (C=O) groups is 2. The van der Waals surface area contributed by atoms with Gasteiger partial charge >= 0.3 is 5.97 Å². The molecule has 0 saturated carbocycles. The smallest absolute Gasteiger partial charge is 0.303 e. The van der Waals surface area contributed by atoms with Gasteiger partial charge in [0, 0.05) is 13.8 Å². The Kier molecular flexibility index (Phi) is 13.2. The first kappa shape index (κ1) is 23.9. The molecule has 0 aromatic carbocycles. The first-order valence-corrected chi connectivity index (χ1v) is 11.1. The highest BCUT2D eigenvalue weighted by Crippen LogP contribution is 2.23. The summed E-state index contributed by atoms with van der Waals surface area (Å²) in [5.74, 6) is -0.438. The lowest BCUT2D eigenvalue weighted by atomic mass is 10.0. The van der Waals surface area contributed by atoms with Gasteiger partial charge in [0.2, 0.25) is 5.91 Å². The zero-order valence-electron chi connectivity index (χ0n) is 17.8. The molecule has 1 N–H and O–H groups in total. The second-order valence-corrected chi connectivity index (χ2v) is 7.93. The molecule has 0 aromatic rings. The molecule has 1 heterocycles. The molecule has 1 fully saturated rings. The number of nitrogens with one attached hydrogen (secondary N) is 1.